The van der Waals surface area contributed by atoms with Gasteiger partial charge in [-0.1, -0.05) is 12.1 Å². The van der Waals surface area contributed by atoms with Gasteiger partial charge in [0.1, 0.15) is 0 Å². The molecule has 1 fully saturated rings. The van der Waals surface area contributed by atoms with Gasteiger partial charge in [0.05, 0.1) is 17.0 Å². The largest absolute Gasteiger partial charge is 0.357 e. The zero-order valence-electron chi connectivity index (χ0n) is 16.3. The zero-order chi connectivity index (χ0) is 19.4. The third-order valence-electron chi connectivity index (χ3n) is 4.53. The smallest absolute Gasteiger partial charge is 0.251 e. The highest BCUT2D eigenvalue weighted by Crippen LogP contribution is 2.23. The Kier molecular flexibility index (Phi) is 8.52. The third-order valence-corrected chi connectivity index (χ3v) is 7.07. The van der Waals surface area contributed by atoms with Crippen molar-refractivity contribution in [2.24, 2.45) is 4.99 Å². The SMILES string of the molecule is CCNC(=NCc1ccc(C(=O)NC)cc1)N1CCS(=O)(=O)C(C)(C)C1.I. The normalized spacial score (nSPS) is 18.4. The first kappa shape index (κ1) is 23.7. The molecule has 152 valence electrons. The third kappa shape index (κ3) is 5.81. The summed E-state index contributed by atoms with van der Waals surface area (Å²) in [6, 6.07) is 7.30. The molecule has 1 aliphatic rings. The zero-order valence-corrected chi connectivity index (χ0v) is 19.4. The summed E-state index contributed by atoms with van der Waals surface area (Å²) in [5, 5.41) is 5.84. The lowest BCUT2D eigenvalue weighted by Gasteiger charge is -2.39. The Hall–Kier alpha value is -1.36. The molecule has 9 heteroatoms. The Morgan fingerprint density at radius 2 is 1.89 bits per heavy atom. The second-order valence-corrected chi connectivity index (χ2v) is 9.69. The van der Waals surface area contributed by atoms with Crippen molar-refractivity contribution in [2.75, 3.05) is 32.4 Å². The topological polar surface area (TPSA) is 90.9 Å². The van der Waals surface area contributed by atoms with Gasteiger partial charge in [0.25, 0.3) is 5.91 Å². The highest BCUT2D eigenvalue weighted by atomic mass is 127. The molecule has 0 spiro atoms. The Bertz CT molecular complexity index is 776. The number of carbonyl (C=O) groups is 1. The summed E-state index contributed by atoms with van der Waals surface area (Å²) >= 11 is 0. The van der Waals surface area contributed by atoms with E-state index in [4.69, 9.17) is 0 Å². The molecule has 1 saturated heterocycles. The lowest BCUT2D eigenvalue weighted by Crippen LogP contribution is -2.57. The minimum Gasteiger partial charge on any atom is -0.357 e. The highest BCUT2D eigenvalue weighted by molar-refractivity contribution is 14.0. The standard InChI is InChI=1S/C18H28N4O3S.HI/c1-5-20-17(22-10-11-26(24,25)18(2,3)13-22)21-12-14-6-8-15(9-7-14)16(23)19-4;/h6-9H,5,10-13H2,1-4H3,(H,19,23)(H,20,21);1H. The van der Waals surface area contributed by atoms with Crippen LogP contribution in [0.2, 0.25) is 0 Å². The molecule has 1 heterocycles. The molecule has 0 radical (unpaired) electrons. The monoisotopic (exact) mass is 508 g/mol. The van der Waals surface area contributed by atoms with Crippen molar-refractivity contribution < 1.29 is 13.2 Å². The first-order valence-corrected chi connectivity index (χ1v) is 10.4. The quantitative estimate of drug-likeness (QED) is 0.367. The van der Waals surface area contributed by atoms with Crippen molar-refractivity contribution in [3.05, 3.63) is 35.4 Å². The van der Waals surface area contributed by atoms with Gasteiger partial charge in [0.2, 0.25) is 0 Å². The molecule has 7 nitrogen and oxygen atoms in total. The predicted octanol–water partition coefficient (Wildman–Crippen LogP) is 1.64. The number of rotatable bonds is 4. The minimum absolute atomic E-state index is 0. The van der Waals surface area contributed by atoms with Gasteiger partial charge in [-0.2, -0.15) is 0 Å². The van der Waals surface area contributed by atoms with Crippen molar-refractivity contribution >= 4 is 45.7 Å². The van der Waals surface area contributed by atoms with Crippen molar-refractivity contribution in [3.8, 4) is 0 Å². The fraction of sp³-hybridized carbons (Fsp3) is 0.556. The highest BCUT2D eigenvalue weighted by Gasteiger charge is 2.40. The van der Waals surface area contributed by atoms with Crippen LogP contribution in [0.1, 0.15) is 36.7 Å². The number of carbonyl (C=O) groups excluding carboxylic acids is 1. The van der Waals surface area contributed by atoms with Crippen LogP contribution < -0.4 is 10.6 Å². The number of guanidine groups is 1. The Labute approximate surface area is 178 Å². The van der Waals surface area contributed by atoms with Crippen LogP contribution in [0.25, 0.3) is 0 Å². The number of nitrogens with one attached hydrogen (secondary N) is 2. The first-order valence-electron chi connectivity index (χ1n) is 8.77. The van der Waals surface area contributed by atoms with Gasteiger partial charge < -0.3 is 15.5 Å². The number of hydrogen-bond donors (Lipinski definition) is 2. The summed E-state index contributed by atoms with van der Waals surface area (Å²) in [7, 11) is -1.49. The Balaban J connectivity index is 0.00000364. The first-order chi connectivity index (χ1) is 12.2. The molecule has 0 atom stereocenters. The van der Waals surface area contributed by atoms with Crippen LogP contribution in [-0.2, 0) is 16.4 Å². The van der Waals surface area contributed by atoms with Crippen LogP contribution in [0.5, 0.6) is 0 Å². The summed E-state index contributed by atoms with van der Waals surface area (Å²) in [6.45, 7) is 7.52. The molecule has 1 aliphatic heterocycles. The lowest BCUT2D eigenvalue weighted by atomic mass is 10.1. The number of sulfone groups is 1. The van der Waals surface area contributed by atoms with E-state index >= 15 is 0 Å². The average molecular weight is 508 g/mol. The predicted molar refractivity (Wildman–Crippen MR) is 120 cm³/mol. The maximum absolute atomic E-state index is 12.2. The van der Waals surface area contributed by atoms with Gasteiger partial charge in [0.15, 0.2) is 15.8 Å². The van der Waals surface area contributed by atoms with Crippen molar-refractivity contribution in [1.82, 2.24) is 15.5 Å². The van der Waals surface area contributed by atoms with Gasteiger partial charge in [-0.05, 0) is 38.5 Å². The molecule has 0 saturated carbocycles. The minimum atomic E-state index is -3.09. The number of hydrogen-bond acceptors (Lipinski definition) is 4. The van der Waals surface area contributed by atoms with E-state index in [1.165, 1.54) is 0 Å². The second kappa shape index (κ2) is 9.72. The maximum Gasteiger partial charge on any atom is 0.251 e. The number of nitrogens with zero attached hydrogens (tertiary/aromatic N) is 2. The second-order valence-electron chi connectivity index (χ2n) is 6.95. The molecule has 0 aromatic heterocycles. The molecule has 1 aromatic carbocycles. The van der Waals surface area contributed by atoms with E-state index in [0.717, 1.165) is 5.56 Å². The molecule has 2 N–H and O–H groups in total. The molecule has 1 amide bonds. The van der Waals surface area contributed by atoms with E-state index in [0.29, 0.717) is 37.7 Å². The van der Waals surface area contributed by atoms with Crippen molar-refractivity contribution in [2.45, 2.75) is 32.1 Å². The van der Waals surface area contributed by atoms with Gasteiger partial charge >= 0.3 is 0 Å². The van der Waals surface area contributed by atoms with E-state index in [9.17, 15) is 13.2 Å². The average Bonchev–Trinajstić information content (AvgIpc) is 2.61. The molecule has 1 aromatic rings. The fourth-order valence-corrected chi connectivity index (χ4v) is 4.19. The van der Waals surface area contributed by atoms with Crippen molar-refractivity contribution in [1.29, 1.82) is 0 Å². The molecular formula is C18H29IN4O3S. The van der Waals surface area contributed by atoms with Gasteiger partial charge in [-0.3, -0.25) is 4.79 Å². The molecule has 0 unspecified atom stereocenters. The van der Waals surface area contributed by atoms with Crippen molar-refractivity contribution in [3.63, 3.8) is 0 Å². The summed E-state index contributed by atoms with van der Waals surface area (Å²) in [4.78, 5) is 18.2. The molecule has 27 heavy (non-hydrogen) atoms. The van der Waals surface area contributed by atoms with Crippen LogP contribution in [0.15, 0.2) is 29.3 Å². The van der Waals surface area contributed by atoms with Gasteiger partial charge in [-0.15, -0.1) is 24.0 Å². The molecule has 0 aliphatic carbocycles. The summed E-state index contributed by atoms with van der Waals surface area (Å²) in [6.07, 6.45) is 0. The maximum atomic E-state index is 12.2. The molecule has 0 bridgehead atoms. The number of amides is 1. The lowest BCUT2D eigenvalue weighted by molar-refractivity contribution is 0.0963. The number of benzene rings is 1. The van der Waals surface area contributed by atoms with E-state index < -0.39 is 14.6 Å². The van der Waals surface area contributed by atoms with E-state index in [-0.39, 0.29) is 35.6 Å². The van der Waals surface area contributed by atoms with Crippen LogP contribution in [0.4, 0.5) is 0 Å². The van der Waals surface area contributed by atoms with Gasteiger partial charge in [0, 0.05) is 32.2 Å². The Morgan fingerprint density at radius 3 is 2.41 bits per heavy atom. The molecular weight excluding hydrogens is 479 g/mol. The number of aliphatic imine (C=N–C) groups is 1. The Morgan fingerprint density at radius 1 is 1.26 bits per heavy atom. The van der Waals surface area contributed by atoms with Crippen LogP contribution in [0.3, 0.4) is 0 Å². The van der Waals surface area contributed by atoms with Gasteiger partial charge in [-0.25, -0.2) is 13.4 Å². The summed E-state index contributed by atoms with van der Waals surface area (Å²) < 4.78 is 23.6. The van der Waals surface area contributed by atoms with Crippen LogP contribution in [-0.4, -0.2) is 62.4 Å². The van der Waals surface area contributed by atoms with Crippen LogP contribution in [0, 0.1) is 0 Å². The fourth-order valence-electron chi connectivity index (χ4n) is 2.82. The van der Waals surface area contributed by atoms with E-state index in [2.05, 4.69) is 15.6 Å². The summed E-state index contributed by atoms with van der Waals surface area (Å²) in [5.41, 5.74) is 1.59. The number of halogens is 1. The van der Waals surface area contributed by atoms with E-state index in [1.807, 2.05) is 24.0 Å². The molecule has 2 rings (SSSR count). The van der Waals surface area contributed by atoms with E-state index in [1.54, 1.807) is 33.0 Å². The summed E-state index contributed by atoms with van der Waals surface area (Å²) in [5.74, 6) is 0.724. The van der Waals surface area contributed by atoms with Crippen LogP contribution >= 0.6 is 24.0 Å².